The maximum atomic E-state index is 5.54. The smallest absolute Gasteiger partial charge is 0.294 e. The SMILES string of the molecule is Nc1nc2nccc(N)c2o1. The summed E-state index contributed by atoms with van der Waals surface area (Å²) < 4.78 is 4.98. The molecule has 2 rings (SSSR count). The van der Waals surface area contributed by atoms with Crippen LogP contribution in [0.2, 0.25) is 0 Å². The van der Waals surface area contributed by atoms with E-state index in [1.54, 1.807) is 12.3 Å². The van der Waals surface area contributed by atoms with Crippen LogP contribution in [0.25, 0.3) is 11.2 Å². The van der Waals surface area contributed by atoms with Gasteiger partial charge in [-0.05, 0) is 6.07 Å². The van der Waals surface area contributed by atoms with Crippen LogP contribution in [0.5, 0.6) is 0 Å². The van der Waals surface area contributed by atoms with Crippen molar-refractivity contribution in [3.05, 3.63) is 12.3 Å². The van der Waals surface area contributed by atoms with E-state index in [0.717, 1.165) is 0 Å². The van der Waals surface area contributed by atoms with Crippen molar-refractivity contribution in [3.8, 4) is 0 Å². The van der Waals surface area contributed by atoms with Gasteiger partial charge in [0.05, 0.1) is 5.69 Å². The average molecular weight is 150 g/mol. The van der Waals surface area contributed by atoms with E-state index in [9.17, 15) is 0 Å². The number of hydrogen-bond acceptors (Lipinski definition) is 5. The van der Waals surface area contributed by atoms with Crippen molar-refractivity contribution in [1.82, 2.24) is 9.97 Å². The fraction of sp³-hybridized carbons (Fsp3) is 0. The van der Waals surface area contributed by atoms with Crippen molar-refractivity contribution in [3.63, 3.8) is 0 Å². The second-order valence-electron chi connectivity index (χ2n) is 2.11. The Labute approximate surface area is 62.0 Å². The van der Waals surface area contributed by atoms with Gasteiger partial charge in [-0.1, -0.05) is 0 Å². The summed E-state index contributed by atoms with van der Waals surface area (Å²) in [4.78, 5) is 7.69. The highest BCUT2D eigenvalue weighted by Crippen LogP contribution is 2.19. The molecule has 0 aliphatic rings. The standard InChI is InChI=1S/C6H6N4O/c7-3-1-2-9-5-4(3)11-6(8)10-5/h1-2H,(H4,7,8,9,10). The lowest BCUT2D eigenvalue weighted by molar-refractivity contribution is 0.627. The summed E-state index contributed by atoms with van der Waals surface area (Å²) in [6, 6.07) is 1.72. The van der Waals surface area contributed by atoms with Crippen LogP contribution in [0.3, 0.4) is 0 Å². The molecule has 0 spiro atoms. The van der Waals surface area contributed by atoms with E-state index >= 15 is 0 Å². The van der Waals surface area contributed by atoms with E-state index in [4.69, 9.17) is 15.9 Å². The minimum atomic E-state index is 0.0883. The molecule has 11 heavy (non-hydrogen) atoms. The third kappa shape index (κ3) is 0.778. The molecule has 5 heteroatoms. The van der Waals surface area contributed by atoms with Gasteiger partial charge in [0.1, 0.15) is 0 Å². The molecule has 0 aromatic carbocycles. The van der Waals surface area contributed by atoms with E-state index in [1.165, 1.54) is 0 Å². The first kappa shape index (κ1) is 5.96. The molecule has 0 bridgehead atoms. The zero-order chi connectivity index (χ0) is 7.84. The Balaban J connectivity index is 2.90. The Kier molecular flexibility index (Phi) is 1.00. The first-order valence-corrected chi connectivity index (χ1v) is 3.04. The van der Waals surface area contributed by atoms with Crippen LogP contribution in [-0.4, -0.2) is 9.97 Å². The van der Waals surface area contributed by atoms with Gasteiger partial charge in [0.15, 0.2) is 5.58 Å². The van der Waals surface area contributed by atoms with Gasteiger partial charge in [0.2, 0.25) is 5.65 Å². The predicted molar refractivity (Wildman–Crippen MR) is 40.6 cm³/mol. The molecule has 0 radical (unpaired) electrons. The third-order valence-corrected chi connectivity index (χ3v) is 1.34. The number of pyridine rings is 1. The lowest BCUT2D eigenvalue weighted by Gasteiger charge is -1.88. The molecule has 0 amide bonds. The first-order valence-electron chi connectivity index (χ1n) is 3.04. The Hall–Kier alpha value is -1.78. The van der Waals surface area contributed by atoms with Crippen LogP contribution in [0.4, 0.5) is 11.7 Å². The van der Waals surface area contributed by atoms with Crippen LogP contribution in [0, 0.1) is 0 Å². The summed E-state index contributed by atoms with van der Waals surface area (Å²) in [5.41, 5.74) is 12.2. The molecule has 2 aromatic rings. The largest absolute Gasteiger partial charge is 0.420 e. The number of hydrogen-bond donors (Lipinski definition) is 2. The van der Waals surface area contributed by atoms with Crippen molar-refractivity contribution in [2.75, 3.05) is 11.5 Å². The van der Waals surface area contributed by atoms with E-state index < -0.39 is 0 Å². The average Bonchev–Trinajstić information content (AvgIpc) is 2.31. The maximum absolute atomic E-state index is 5.54. The Morgan fingerprint density at radius 3 is 2.91 bits per heavy atom. The highest BCUT2D eigenvalue weighted by atomic mass is 16.4. The molecular weight excluding hydrogens is 144 g/mol. The fourth-order valence-electron chi connectivity index (χ4n) is 0.868. The van der Waals surface area contributed by atoms with Crippen molar-refractivity contribution >= 4 is 22.9 Å². The number of nitrogen functional groups attached to an aromatic ring is 2. The highest BCUT2D eigenvalue weighted by Gasteiger charge is 2.05. The number of rotatable bonds is 0. The van der Waals surface area contributed by atoms with Crippen molar-refractivity contribution < 1.29 is 4.42 Å². The molecule has 0 unspecified atom stereocenters. The fourth-order valence-corrected chi connectivity index (χ4v) is 0.868. The molecule has 0 fully saturated rings. The lowest BCUT2D eigenvalue weighted by Crippen LogP contribution is -1.85. The summed E-state index contributed by atoms with van der Waals surface area (Å²) >= 11 is 0. The molecule has 0 aliphatic heterocycles. The van der Waals surface area contributed by atoms with Gasteiger partial charge in [-0.3, -0.25) is 0 Å². The minimum absolute atomic E-state index is 0.0883. The number of anilines is 2. The van der Waals surface area contributed by atoms with Gasteiger partial charge in [-0.2, -0.15) is 4.98 Å². The zero-order valence-electron chi connectivity index (χ0n) is 5.61. The Bertz CT molecular complexity index is 394. The quantitative estimate of drug-likeness (QED) is 0.566. The number of nitrogens with zero attached hydrogens (tertiary/aromatic N) is 2. The van der Waals surface area contributed by atoms with Crippen LogP contribution < -0.4 is 11.5 Å². The Morgan fingerprint density at radius 2 is 2.18 bits per heavy atom. The summed E-state index contributed by atoms with van der Waals surface area (Å²) in [5, 5.41) is 0. The number of fused-ring (bicyclic) bond motifs is 1. The van der Waals surface area contributed by atoms with Gasteiger partial charge in [-0.25, -0.2) is 4.98 Å². The topological polar surface area (TPSA) is 91.0 Å². The normalized spacial score (nSPS) is 10.5. The Morgan fingerprint density at radius 1 is 1.36 bits per heavy atom. The van der Waals surface area contributed by atoms with E-state index in [0.29, 0.717) is 16.9 Å². The van der Waals surface area contributed by atoms with Gasteiger partial charge in [-0.15, -0.1) is 0 Å². The van der Waals surface area contributed by atoms with Gasteiger partial charge in [0, 0.05) is 6.20 Å². The minimum Gasteiger partial charge on any atom is -0.420 e. The molecule has 56 valence electrons. The van der Waals surface area contributed by atoms with Gasteiger partial charge >= 0.3 is 0 Å². The molecule has 0 saturated carbocycles. The molecule has 0 atom stereocenters. The third-order valence-electron chi connectivity index (χ3n) is 1.34. The first-order chi connectivity index (χ1) is 5.27. The van der Waals surface area contributed by atoms with Crippen molar-refractivity contribution in [1.29, 1.82) is 0 Å². The molecular formula is C6H6N4O. The molecule has 2 heterocycles. The highest BCUT2D eigenvalue weighted by molar-refractivity contribution is 5.82. The lowest BCUT2D eigenvalue weighted by atomic mass is 10.4. The summed E-state index contributed by atoms with van der Waals surface area (Å²) in [7, 11) is 0. The molecule has 2 aromatic heterocycles. The van der Waals surface area contributed by atoms with Crippen LogP contribution in [-0.2, 0) is 0 Å². The summed E-state index contributed by atoms with van der Waals surface area (Å²) in [6.45, 7) is 0. The second-order valence-corrected chi connectivity index (χ2v) is 2.11. The molecule has 4 N–H and O–H groups in total. The summed E-state index contributed by atoms with van der Waals surface area (Å²) in [5.74, 6) is 0. The predicted octanol–water partition coefficient (Wildman–Crippen LogP) is 0.387. The second kappa shape index (κ2) is 1.85. The van der Waals surface area contributed by atoms with E-state index in [-0.39, 0.29) is 6.01 Å². The van der Waals surface area contributed by atoms with E-state index in [1.807, 2.05) is 0 Å². The van der Waals surface area contributed by atoms with Crippen molar-refractivity contribution in [2.24, 2.45) is 0 Å². The molecule has 0 aliphatic carbocycles. The monoisotopic (exact) mass is 150 g/mol. The number of nitrogens with two attached hydrogens (primary N) is 2. The molecule has 0 saturated heterocycles. The molecule has 5 nitrogen and oxygen atoms in total. The van der Waals surface area contributed by atoms with Gasteiger partial charge < -0.3 is 15.9 Å². The van der Waals surface area contributed by atoms with Gasteiger partial charge in [0.25, 0.3) is 6.01 Å². The van der Waals surface area contributed by atoms with Crippen LogP contribution >= 0.6 is 0 Å². The van der Waals surface area contributed by atoms with Crippen LogP contribution in [0.1, 0.15) is 0 Å². The number of oxazole rings is 1. The zero-order valence-corrected chi connectivity index (χ0v) is 5.61. The van der Waals surface area contributed by atoms with Crippen molar-refractivity contribution in [2.45, 2.75) is 0 Å². The van der Waals surface area contributed by atoms with E-state index in [2.05, 4.69) is 9.97 Å². The van der Waals surface area contributed by atoms with Crippen LogP contribution in [0.15, 0.2) is 16.7 Å². The number of aromatic nitrogens is 2. The summed E-state index contributed by atoms with van der Waals surface area (Å²) in [6.07, 6.45) is 1.56. The maximum Gasteiger partial charge on any atom is 0.294 e.